The van der Waals surface area contributed by atoms with Gasteiger partial charge in [0.25, 0.3) is 5.91 Å². The lowest BCUT2D eigenvalue weighted by Crippen LogP contribution is -2.15. The Morgan fingerprint density at radius 3 is 2.39 bits per heavy atom. The Balaban J connectivity index is 2.00. The Morgan fingerprint density at radius 2 is 1.71 bits per heavy atom. The van der Waals surface area contributed by atoms with E-state index in [1.54, 1.807) is 42.7 Å². The minimum absolute atomic E-state index is 0.0616. The lowest BCUT2D eigenvalue weighted by atomic mass is 10.0. The van der Waals surface area contributed by atoms with Gasteiger partial charge in [0.05, 0.1) is 12.1 Å². The van der Waals surface area contributed by atoms with E-state index in [1.165, 1.54) is 0 Å². The lowest BCUT2D eigenvalue weighted by molar-refractivity contribution is -0.145. The van der Waals surface area contributed by atoms with Crippen LogP contribution in [0.4, 0.5) is 0 Å². The van der Waals surface area contributed by atoms with Crippen molar-refractivity contribution in [3.63, 3.8) is 0 Å². The minimum atomic E-state index is -0.536. The molecule has 1 heterocycles. The Morgan fingerprint density at radius 1 is 1.04 bits per heavy atom. The van der Waals surface area contributed by atoms with E-state index in [4.69, 9.17) is 16.3 Å². The highest BCUT2D eigenvalue weighted by molar-refractivity contribution is 6.30. The van der Waals surface area contributed by atoms with Crippen LogP contribution >= 0.6 is 11.6 Å². The van der Waals surface area contributed by atoms with E-state index in [9.17, 15) is 14.4 Å². The van der Waals surface area contributed by atoms with Gasteiger partial charge in [-0.2, -0.15) is 0 Å². The van der Waals surface area contributed by atoms with E-state index in [0.717, 1.165) is 16.5 Å². The number of Topliss-reactive ketones (excluding diaryl/α,β-unsaturated/α-hetero) is 1. The smallest absolute Gasteiger partial charge is 0.313 e. The predicted molar refractivity (Wildman–Crippen MR) is 108 cm³/mol. The molecule has 0 fully saturated rings. The number of ketones is 1. The van der Waals surface area contributed by atoms with Crippen LogP contribution in [-0.2, 0) is 20.7 Å². The summed E-state index contributed by atoms with van der Waals surface area (Å²) in [6.07, 6.45) is -0.218. The molecular weight excluding hydrogens is 378 g/mol. The molecule has 6 heteroatoms. The SMILES string of the molecule is CCOC(=O)CC(=O)Cc1c(C)n(C(=O)c2ccc(Cl)cc2)c2ccccc12. The largest absolute Gasteiger partial charge is 0.466 e. The van der Waals surface area contributed by atoms with Crippen LogP contribution < -0.4 is 0 Å². The number of nitrogens with zero attached hydrogens (tertiary/aromatic N) is 1. The first-order valence-electron chi connectivity index (χ1n) is 8.99. The molecular formula is C22H20ClNO4. The summed E-state index contributed by atoms with van der Waals surface area (Å²) in [5.74, 6) is -0.982. The summed E-state index contributed by atoms with van der Waals surface area (Å²) >= 11 is 5.92. The third-order valence-electron chi connectivity index (χ3n) is 4.56. The van der Waals surface area contributed by atoms with Crippen LogP contribution in [0.1, 0.15) is 35.0 Å². The van der Waals surface area contributed by atoms with Crippen molar-refractivity contribution in [2.75, 3.05) is 6.61 Å². The van der Waals surface area contributed by atoms with E-state index < -0.39 is 5.97 Å². The third kappa shape index (κ3) is 3.99. The molecule has 1 aromatic heterocycles. The standard InChI is InChI=1S/C22H20ClNO4/c1-3-28-21(26)13-17(25)12-19-14(2)24(20-7-5-4-6-18(19)20)22(27)15-8-10-16(23)11-9-15/h4-11H,3,12-13H2,1-2H3. The Hall–Kier alpha value is -2.92. The van der Waals surface area contributed by atoms with Crippen molar-refractivity contribution in [3.05, 3.63) is 70.4 Å². The summed E-state index contributed by atoms with van der Waals surface area (Å²) in [7, 11) is 0. The second kappa shape index (κ2) is 8.40. The van der Waals surface area contributed by atoms with Gasteiger partial charge in [0.15, 0.2) is 0 Å². The number of aromatic nitrogens is 1. The number of hydrogen-bond donors (Lipinski definition) is 0. The maximum absolute atomic E-state index is 13.1. The molecule has 0 radical (unpaired) electrons. The van der Waals surface area contributed by atoms with Gasteiger partial charge in [0.1, 0.15) is 12.2 Å². The van der Waals surface area contributed by atoms with Crippen molar-refractivity contribution in [1.82, 2.24) is 4.57 Å². The molecule has 3 aromatic rings. The minimum Gasteiger partial charge on any atom is -0.466 e. The molecule has 0 bridgehead atoms. The maximum Gasteiger partial charge on any atom is 0.313 e. The normalized spacial score (nSPS) is 10.8. The fourth-order valence-electron chi connectivity index (χ4n) is 3.27. The second-order valence-corrected chi connectivity index (χ2v) is 6.86. The molecule has 0 unspecified atom stereocenters. The van der Waals surface area contributed by atoms with Crippen LogP contribution in [0.3, 0.4) is 0 Å². The molecule has 0 saturated heterocycles. The molecule has 0 amide bonds. The third-order valence-corrected chi connectivity index (χ3v) is 4.81. The van der Waals surface area contributed by atoms with Crippen molar-refractivity contribution < 1.29 is 19.1 Å². The number of hydrogen-bond acceptors (Lipinski definition) is 4. The highest BCUT2D eigenvalue weighted by atomic mass is 35.5. The van der Waals surface area contributed by atoms with Crippen LogP contribution in [0.25, 0.3) is 10.9 Å². The molecule has 144 valence electrons. The summed E-state index contributed by atoms with van der Waals surface area (Å²) in [6.45, 7) is 3.74. The van der Waals surface area contributed by atoms with Gasteiger partial charge in [0, 0.05) is 28.1 Å². The fraction of sp³-hybridized carbons (Fsp3) is 0.227. The maximum atomic E-state index is 13.1. The van der Waals surface area contributed by atoms with Gasteiger partial charge in [-0.15, -0.1) is 0 Å². The lowest BCUT2D eigenvalue weighted by Gasteiger charge is -2.08. The zero-order valence-electron chi connectivity index (χ0n) is 15.7. The number of halogens is 1. The average molecular weight is 398 g/mol. The highest BCUT2D eigenvalue weighted by Crippen LogP contribution is 2.28. The van der Waals surface area contributed by atoms with E-state index in [-0.39, 0.29) is 31.1 Å². The van der Waals surface area contributed by atoms with Gasteiger partial charge >= 0.3 is 5.97 Å². The van der Waals surface area contributed by atoms with Crippen LogP contribution in [0.5, 0.6) is 0 Å². The van der Waals surface area contributed by atoms with Gasteiger partial charge in [-0.1, -0.05) is 29.8 Å². The zero-order valence-corrected chi connectivity index (χ0v) is 16.5. The van der Waals surface area contributed by atoms with Crippen molar-refractivity contribution in [2.45, 2.75) is 26.7 Å². The number of carbonyl (C=O) groups excluding carboxylic acids is 3. The van der Waals surface area contributed by atoms with E-state index in [0.29, 0.717) is 16.3 Å². The molecule has 2 aromatic carbocycles. The Kier molecular flexibility index (Phi) is 5.95. The first-order chi connectivity index (χ1) is 13.4. The number of esters is 1. The zero-order chi connectivity index (χ0) is 20.3. The van der Waals surface area contributed by atoms with Gasteiger partial charge in [-0.25, -0.2) is 0 Å². The summed E-state index contributed by atoms with van der Waals surface area (Å²) in [5.41, 5.74) is 2.64. The van der Waals surface area contributed by atoms with Crippen LogP contribution in [-0.4, -0.2) is 28.8 Å². The average Bonchev–Trinajstić information content (AvgIpc) is 2.94. The molecule has 0 atom stereocenters. The monoisotopic (exact) mass is 397 g/mol. The molecule has 0 aliphatic rings. The number of fused-ring (bicyclic) bond motifs is 1. The topological polar surface area (TPSA) is 65.4 Å². The molecule has 5 nitrogen and oxygen atoms in total. The van der Waals surface area contributed by atoms with E-state index in [2.05, 4.69) is 0 Å². The van der Waals surface area contributed by atoms with Gasteiger partial charge < -0.3 is 4.74 Å². The molecule has 28 heavy (non-hydrogen) atoms. The Bertz CT molecular complexity index is 1050. The molecule has 0 aliphatic carbocycles. The summed E-state index contributed by atoms with van der Waals surface area (Å²) in [6, 6.07) is 14.1. The van der Waals surface area contributed by atoms with Crippen LogP contribution in [0.15, 0.2) is 48.5 Å². The first-order valence-corrected chi connectivity index (χ1v) is 9.36. The van der Waals surface area contributed by atoms with Crippen molar-refractivity contribution >= 4 is 40.2 Å². The van der Waals surface area contributed by atoms with Crippen molar-refractivity contribution in [3.8, 4) is 0 Å². The molecule has 0 saturated carbocycles. The van der Waals surface area contributed by atoms with E-state index in [1.807, 2.05) is 24.3 Å². The number of para-hydroxylation sites is 1. The Labute approximate surface area is 167 Å². The number of rotatable bonds is 6. The van der Waals surface area contributed by atoms with Gasteiger partial charge in [0.2, 0.25) is 0 Å². The molecule has 0 spiro atoms. The molecule has 0 aliphatic heterocycles. The summed E-state index contributed by atoms with van der Waals surface area (Å²) < 4.78 is 6.45. The quantitative estimate of drug-likeness (QED) is 0.458. The van der Waals surface area contributed by atoms with Gasteiger partial charge in [-0.3, -0.25) is 19.0 Å². The van der Waals surface area contributed by atoms with Crippen molar-refractivity contribution in [1.29, 1.82) is 0 Å². The number of carbonyl (C=O) groups is 3. The number of benzene rings is 2. The van der Waals surface area contributed by atoms with Gasteiger partial charge in [-0.05, 0) is 49.7 Å². The number of ether oxygens (including phenoxy) is 1. The summed E-state index contributed by atoms with van der Waals surface area (Å²) in [4.78, 5) is 37.1. The highest BCUT2D eigenvalue weighted by Gasteiger charge is 2.22. The van der Waals surface area contributed by atoms with Crippen LogP contribution in [0, 0.1) is 6.92 Å². The summed E-state index contributed by atoms with van der Waals surface area (Å²) in [5, 5.41) is 1.37. The van der Waals surface area contributed by atoms with Crippen LogP contribution in [0.2, 0.25) is 5.02 Å². The fourth-order valence-corrected chi connectivity index (χ4v) is 3.40. The first kappa shape index (κ1) is 19.8. The van der Waals surface area contributed by atoms with Crippen molar-refractivity contribution in [2.24, 2.45) is 0 Å². The van der Waals surface area contributed by atoms with E-state index >= 15 is 0 Å². The molecule has 3 rings (SSSR count). The predicted octanol–water partition coefficient (Wildman–Crippen LogP) is 4.36. The molecule has 0 N–H and O–H groups in total. The second-order valence-electron chi connectivity index (χ2n) is 6.43.